The van der Waals surface area contributed by atoms with Crippen LogP contribution in [0, 0.1) is 5.82 Å². The molecular weight excluding hydrogens is 403 g/mol. The van der Waals surface area contributed by atoms with Gasteiger partial charge < -0.3 is 19.5 Å². The summed E-state index contributed by atoms with van der Waals surface area (Å²) >= 11 is 0. The van der Waals surface area contributed by atoms with Crippen molar-refractivity contribution in [1.29, 1.82) is 0 Å². The van der Waals surface area contributed by atoms with Crippen molar-refractivity contribution in [2.24, 2.45) is 0 Å². The summed E-state index contributed by atoms with van der Waals surface area (Å²) in [6, 6.07) is 10.7. The first-order chi connectivity index (χ1) is 14.9. The monoisotopic (exact) mass is 426 g/mol. The number of amides is 2. The van der Waals surface area contributed by atoms with E-state index in [-0.39, 0.29) is 24.1 Å². The predicted molar refractivity (Wildman–Crippen MR) is 112 cm³/mol. The number of ether oxygens (including phenoxy) is 1. The molecule has 2 amide bonds. The van der Waals surface area contributed by atoms with Crippen LogP contribution in [0.1, 0.15) is 29.1 Å². The van der Waals surface area contributed by atoms with Crippen molar-refractivity contribution in [3.05, 3.63) is 59.7 Å². The Bertz CT molecular complexity index is 1060. The van der Waals surface area contributed by atoms with Gasteiger partial charge in [-0.2, -0.15) is 4.98 Å². The molecule has 0 spiro atoms. The van der Waals surface area contributed by atoms with E-state index in [0.717, 1.165) is 0 Å². The second-order valence-corrected chi connectivity index (χ2v) is 7.03. The maximum absolute atomic E-state index is 13.0. The predicted octanol–water partition coefficient (Wildman–Crippen LogP) is 3.55. The van der Waals surface area contributed by atoms with Crippen LogP contribution in [0.4, 0.5) is 10.1 Å². The zero-order valence-corrected chi connectivity index (χ0v) is 17.5. The van der Waals surface area contributed by atoms with E-state index in [9.17, 15) is 14.0 Å². The van der Waals surface area contributed by atoms with Crippen molar-refractivity contribution >= 4 is 17.5 Å². The summed E-state index contributed by atoms with van der Waals surface area (Å²) in [7, 11) is 4.81. The molecule has 2 aromatic carbocycles. The number of anilines is 1. The van der Waals surface area contributed by atoms with Gasteiger partial charge in [-0.15, -0.1) is 0 Å². The second kappa shape index (κ2) is 9.84. The lowest BCUT2D eigenvalue weighted by atomic mass is 10.1. The smallest absolute Gasteiger partial charge is 0.253 e. The molecule has 0 aliphatic carbocycles. The molecule has 3 rings (SSSR count). The van der Waals surface area contributed by atoms with Crippen LogP contribution in [-0.2, 0) is 11.2 Å². The number of aromatic nitrogens is 2. The van der Waals surface area contributed by atoms with Crippen LogP contribution in [0.15, 0.2) is 47.0 Å². The third-order valence-electron chi connectivity index (χ3n) is 4.49. The summed E-state index contributed by atoms with van der Waals surface area (Å²) in [5.74, 6) is 0.476. The molecule has 9 heteroatoms. The SMILES string of the molecule is COc1ccc(C(=O)N(C)C)cc1NC(=O)CCCc1nc(-c2ccc(F)cc2)no1. The Labute approximate surface area is 179 Å². The minimum absolute atomic E-state index is 0.175. The maximum Gasteiger partial charge on any atom is 0.253 e. The molecule has 0 saturated carbocycles. The number of aryl methyl sites for hydroxylation is 1. The Morgan fingerprint density at radius 3 is 2.58 bits per heavy atom. The molecule has 0 bridgehead atoms. The van der Waals surface area contributed by atoms with Crippen molar-refractivity contribution < 1.29 is 23.2 Å². The molecule has 1 N–H and O–H groups in total. The van der Waals surface area contributed by atoms with E-state index in [1.807, 2.05) is 0 Å². The van der Waals surface area contributed by atoms with Crippen LogP contribution in [-0.4, -0.2) is 48.1 Å². The standard InChI is InChI=1S/C22H23FN4O4/c1-27(2)22(29)15-9-12-18(30-3)17(13-15)24-19(28)5-4-6-20-25-21(26-31-20)14-7-10-16(23)11-8-14/h7-13H,4-6H2,1-3H3,(H,24,28). The second-order valence-electron chi connectivity index (χ2n) is 7.03. The van der Waals surface area contributed by atoms with E-state index >= 15 is 0 Å². The van der Waals surface area contributed by atoms with Crippen molar-refractivity contribution in [3.63, 3.8) is 0 Å². The third kappa shape index (κ3) is 5.65. The number of nitrogens with one attached hydrogen (secondary N) is 1. The molecule has 1 aromatic heterocycles. The fourth-order valence-electron chi connectivity index (χ4n) is 2.88. The number of benzene rings is 2. The van der Waals surface area contributed by atoms with Crippen LogP contribution in [0.25, 0.3) is 11.4 Å². The van der Waals surface area contributed by atoms with Gasteiger partial charge in [0.05, 0.1) is 12.8 Å². The van der Waals surface area contributed by atoms with Gasteiger partial charge in [0.15, 0.2) is 0 Å². The summed E-state index contributed by atoms with van der Waals surface area (Å²) < 4.78 is 23.5. The summed E-state index contributed by atoms with van der Waals surface area (Å²) in [6.07, 6.45) is 1.11. The first-order valence-electron chi connectivity index (χ1n) is 9.65. The molecule has 162 valence electrons. The molecule has 3 aromatic rings. The van der Waals surface area contributed by atoms with Crippen LogP contribution >= 0.6 is 0 Å². The quantitative estimate of drug-likeness (QED) is 0.592. The lowest BCUT2D eigenvalue weighted by Gasteiger charge is -2.14. The summed E-state index contributed by atoms with van der Waals surface area (Å²) in [6.45, 7) is 0. The molecule has 8 nitrogen and oxygen atoms in total. The first-order valence-corrected chi connectivity index (χ1v) is 9.65. The average molecular weight is 426 g/mol. The molecule has 0 saturated heterocycles. The van der Waals surface area contributed by atoms with E-state index in [1.165, 1.54) is 24.1 Å². The fraction of sp³-hybridized carbons (Fsp3) is 0.273. The maximum atomic E-state index is 13.0. The zero-order valence-electron chi connectivity index (χ0n) is 17.5. The molecule has 31 heavy (non-hydrogen) atoms. The van der Waals surface area contributed by atoms with Crippen molar-refractivity contribution in [2.45, 2.75) is 19.3 Å². The highest BCUT2D eigenvalue weighted by molar-refractivity contribution is 5.98. The van der Waals surface area contributed by atoms with E-state index in [2.05, 4.69) is 15.5 Å². The Kier molecular flexibility index (Phi) is 6.96. The number of hydrogen-bond donors (Lipinski definition) is 1. The summed E-state index contributed by atoms with van der Waals surface area (Å²) in [5, 5.41) is 6.66. The molecule has 0 aliphatic rings. The number of carbonyl (C=O) groups is 2. The molecule has 0 unspecified atom stereocenters. The van der Waals surface area contributed by atoms with E-state index in [4.69, 9.17) is 9.26 Å². The lowest BCUT2D eigenvalue weighted by Crippen LogP contribution is -2.22. The van der Waals surface area contributed by atoms with Gasteiger partial charge in [-0.1, -0.05) is 5.16 Å². The normalized spacial score (nSPS) is 10.6. The molecule has 0 radical (unpaired) electrons. The topological polar surface area (TPSA) is 97.6 Å². The molecular formula is C22H23FN4O4. The number of hydrogen-bond acceptors (Lipinski definition) is 6. The Hall–Kier alpha value is -3.75. The number of nitrogens with zero attached hydrogens (tertiary/aromatic N) is 3. The van der Waals surface area contributed by atoms with Crippen molar-refractivity contribution in [2.75, 3.05) is 26.5 Å². The van der Waals surface area contributed by atoms with Gasteiger partial charge in [-0.25, -0.2) is 4.39 Å². The van der Waals surface area contributed by atoms with Gasteiger partial charge in [0, 0.05) is 38.1 Å². The highest BCUT2D eigenvalue weighted by Crippen LogP contribution is 2.26. The highest BCUT2D eigenvalue weighted by atomic mass is 19.1. The van der Waals surface area contributed by atoms with E-state index < -0.39 is 0 Å². The molecule has 0 fully saturated rings. The first kappa shape index (κ1) is 21.9. The minimum atomic E-state index is -0.341. The van der Waals surface area contributed by atoms with Gasteiger partial charge in [-0.3, -0.25) is 9.59 Å². The van der Waals surface area contributed by atoms with Crippen LogP contribution < -0.4 is 10.1 Å². The fourth-order valence-corrected chi connectivity index (χ4v) is 2.88. The lowest BCUT2D eigenvalue weighted by molar-refractivity contribution is -0.116. The van der Waals surface area contributed by atoms with Gasteiger partial charge in [0.2, 0.25) is 17.6 Å². The van der Waals surface area contributed by atoms with Crippen LogP contribution in [0.3, 0.4) is 0 Å². The Balaban J connectivity index is 1.56. The summed E-state index contributed by atoms with van der Waals surface area (Å²) in [4.78, 5) is 30.3. The van der Waals surface area contributed by atoms with Gasteiger partial charge in [-0.05, 0) is 48.9 Å². The third-order valence-corrected chi connectivity index (χ3v) is 4.49. The number of methoxy groups -OCH3 is 1. The molecule has 0 aliphatic heterocycles. The molecule has 1 heterocycles. The van der Waals surface area contributed by atoms with Gasteiger partial charge in [0.1, 0.15) is 11.6 Å². The molecule has 0 atom stereocenters. The highest BCUT2D eigenvalue weighted by Gasteiger charge is 2.14. The minimum Gasteiger partial charge on any atom is -0.495 e. The van der Waals surface area contributed by atoms with E-state index in [0.29, 0.717) is 47.1 Å². The zero-order chi connectivity index (χ0) is 22.4. The van der Waals surface area contributed by atoms with Gasteiger partial charge >= 0.3 is 0 Å². The van der Waals surface area contributed by atoms with Crippen molar-refractivity contribution in [1.82, 2.24) is 15.0 Å². The van der Waals surface area contributed by atoms with Gasteiger partial charge in [0.25, 0.3) is 5.91 Å². The van der Waals surface area contributed by atoms with Crippen LogP contribution in [0.5, 0.6) is 5.75 Å². The largest absolute Gasteiger partial charge is 0.495 e. The Morgan fingerprint density at radius 1 is 1.16 bits per heavy atom. The number of halogens is 1. The average Bonchev–Trinajstić information content (AvgIpc) is 3.22. The van der Waals surface area contributed by atoms with Crippen molar-refractivity contribution in [3.8, 4) is 17.1 Å². The van der Waals surface area contributed by atoms with Crippen LogP contribution in [0.2, 0.25) is 0 Å². The summed E-state index contributed by atoms with van der Waals surface area (Å²) in [5.41, 5.74) is 1.52. The number of carbonyl (C=O) groups excluding carboxylic acids is 2. The number of rotatable bonds is 8. The van der Waals surface area contributed by atoms with E-state index in [1.54, 1.807) is 44.4 Å². The Morgan fingerprint density at radius 2 is 1.90 bits per heavy atom.